The molecule has 1 N–H and O–H groups in total. The van der Waals surface area contributed by atoms with Crippen LogP contribution < -0.4 is 0 Å². The van der Waals surface area contributed by atoms with Crippen LogP contribution in [-0.2, 0) is 11.3 Å². The summed E-state index contributed by atoms with van der Waals surface area (Å²) in [6.45, 7) is 7.28. The Bertz CT molecular complexity index is 1410. The number of benzene rings is 2. The zero-order valence-electron chi connectivity index (χ0n) is 23.4. The van der Waals surface area contributed by atoms with E-state index in [1.807, 2.05) is 0 Å². The number of amides is 1. The van der Waals surface area contributed by atoms with Crippen LogP contribution in [0.15, 0.2) is 30.5 Å². The molecule has 40 heavy (non-hydrogen) atoms. The van der Waals surface area contributed by atoms with Crippen LogP contribution in [0, 0.1) is 19.8 Å². The van der Waals surface area contributed by atoms with E-state index >= 15 is 0 Å². The van der Waals surface area contributed by atoms with Gasteiger partial charge in [0.2, 0.25) is 5.92 Å². The topological polar surface area (TPSA) is 62.5 Å². The van der Waals surface area contributed by atoms with Crippen LogP contribution in [0.1, 0.15) is 84.5 Å². The van der Waals surface area contributed by atoms with Crippen LogP contribution in [0.2, 0.25) is 10.0 Å². The first-order valence-corrected chi connectivity index (χ1v) is 14.5. The number of aromatic nitrogens is 1. The van der Waals surface area contributed by atoms with Gasteiger partial charge >= 0.3 is 5.97 Å². The summed E-state index contributed by atoms with van der Waals surface area (Å²) >= 11 is 13.4. The first-order valence-electron chi connectivity index (χ1n) is 13.7. The number of rotatable bonds is 5. The number of alkyl halides is 2. The molecule has 1 amide bonds. The molecule has 0 unspecified atom stereocenters. The summed E-state index contributed by atoms with van der Waals surface area (Å²) < 4.78 is 24.2. The van der Waals surface area contributed by atoms with Gasteiger partial charge in [0.25, 0.3) is 5.91 Å². The number of aliphatic carboxylic acids is 1. The summed E-state index contributed by atoms with van der Waals surface area (Å²) in [5.41, 5.74) is 6.18. The van der Waals surface area contributed by atoms with E-state index in [0.29, 0.717) is 54.0 Å². The van der Waals surface area contributed by atoms with Crippen molar-refractivity contribution in [3.05, 3.63) is 68.3 Å². The molecule has 2 aromatic carbocycles. The third kappa shape index (κ3) is 6.80. The molecule has 9 heteroatoms. The average Bonchev–Trinajstić information content (AvgIpc) is 3.15. The molecular formula is C31H36Cl2F2N2O3. The molecule has 1 aliphatic carbocycles. The maximum absolute atomic E-state index is 13.3. The summed E-state index contributed by atoms with van der Waals surface area (Å²) in [4.78, 5) is 26.2. The Labute approximate surface area is 244 Å². The van der Waals surface area contributed by atoms with Gasteiger partial charge < -0.3 is 14.6 Å². The fraction of sp³-hybridized carbons (Fsp3) is 0.484. The van der Waals surface area contributed by atoms with Crippen LogP contribution in [0.4, 0.5) is 8.78 Å². The van der Waals surface area contributed by atoms with Gasteiger partial charge in [0.1, 0.15) is 0 Å². The third-order valence-electron chi connectivity index (χ3n) is 7.84. The largest absolute Gasteiger partial charge is 0.481 e. The molecule has 0 bridgehead atoms. The second-order valence-electron chi connectivity index (χ2n) is 11.4. The predicted molar refractivity (Wildman–Crippen MR) is 156 cm³/mol. The van der Waals surface area contributed by atoms with E-state index in [9.17, 15) is 23.5 Å². The van der Waals surface area contributed by atoms with E-state index in [2.05, 4.69) is 36.7 Å². The van der Waals surface area contributed by atoms with Crippen molar-refractivity contribution in [2.75, 3.05) is 13.1 Å². The number of carbonyl (C=O) groups is 2. The number of likely N-dealkylation sites (tertiary alicyclic amines) is 1. The van der Waals surface area contributed by atoms with Gasteiger partial charge in [-0.2, -0.15) is 0 Å². The monoisotopic (exact) mass is 592 g/mol. The quantitative estimate of drug-likeness (QED) is 0.323. The van der Waals surface area contributed by atoms with Gasteiger partial charge in [0.05, 0.1) is 28.6 Å². The summed E-state index contributed by atoms with van der Waals surface area (Å²) in [5, 5.41) is 11.4. The molecular weight excluding hydrogens is 557 g/mol. The second-order valence-corrected chi connectivity index (χ2v) is 12.2. The molecule has 2 heterocycles. The molecule has 2 aliphatic rings. The molecule has 5 nitrogen and oxygen atoms in total. The highest BCUT2D eigenvalue weighted by Crippen LogP contribution is 2.40. The van der Waals surface area contributed by atoms with Crippen LogP contribution >= 0.6 is 23.2 Å². The molecule has 1 aliphatic heterocycles. The Morgan fingerprint density at radius 2 is 1.65 bits per heavy atom. The number of fused-ring (bicyclic) bond motifs is 1. The lowest BCUT2D eigenvalue weighted by molar-refractivity contribution is -0.143. The van der Waals surface area contributed by atoms with E-state index in [1.54, 1.807) is 17.0 Å². The number of aryl methyl sites for hydroxylation is 2. The van der Waals surface area contributed by atoms with Gasteiger partial charge in [0.15, 0.2) is 0 Å². The summed E-state index contributed by atoms with van der Waals surface area (Å²) in [6, 6.07) is 8.06. The van der Waals surface area contributed by atoms with Crippen molar-refractivity contribution in [1.29, 1.82) is 0 Å². The number of piperidine rings is 1. The minimum absolute atomic E-state index is 0.174. The minimum Gasteiger partial charge on any atom is -0.481 e. The number of carbonyl (C=O) groups excluding carboxylic acids is 1. The number of carboxylic acid groups (broad SMARTS) is 1. The SMILES string of the molecule is CC(C)(F)F.Cc1cn(Cc2c(Cl)ccc(C(=O)N3CCC(C(=O)O)CC3)c2Cl)c2c(C)cc(C3CCC3)cc12. The molecule has 216 valence electrons. The van der Waals surface area contributed by atoms with E-state index in [0.717, 1.165) is 19.4 Å². The van der Waals surface area contributed by atoms with Crippen molar-refractivity contribution < 1.29 is 23.5 Å². The van der Waals surface area contributed by atoms with Crippen molar-refractivity contribution in [2.45, 2.75) is 78.2 Å². The van der Waals surface area contributed by atoms with Crippen molar-refractivity contribution in [3.63, 3.8) is 0 Å². The van der Waals surface area contributed by atoms with Crippen LogP contribution in [0.3, 0.4) is 0 Å². The first-order chi connectivity index (χ1) is 18.7. The fourth-order valence-electron chi connectivity index (χ4n) is 5.54. The molecule has 1 saturated carbocycles. The molecule has 5 rings (SSSR count). The van der Waals surface area contributed by atoms with Gasteiger partial charge in [-0.1, -0.05) is 35.7 Å². The number of hydrogen-bond acceptors (Lipinski definition) is 2. The Balaban J connectivity index is 0.000000681. The van der Waals surface area contributed by atoms with Crippen molar-refractivity contribution in [1.82, 2.24) is 9.47 Å². The second kappa shape index (κ2) is 12.1. The maximum Gasteiger partial charge on any atom is 0.306 e. The normalized spacial score (nSPS) is 16.4. The smallest absolute Gasteiger partial charge is 0.306 e. The molecule has 0 atom stereocenters. The first kappa shape index (κ1) is 30.3. The number of hydrogen-bond donors (Lipinski definition) is 1. The van der Waals surface area contributed by atoms with E-state index in [1.165, 1.54) is 46.9 Å². The highest BCUT2D eigenvalue weighted by Gasteiger charge is 2.29. The van der Waals surface area contributed by atoms with Gasteiger partial charge in [-0.3, -0.25) is 9.59 Å². The zero-order valence-corrected chi connectivity index (χ0v) is 24.9. The highest BCUT2D eigenvalue weighted by atomic mass is 35.5. The fourth-order valence-corrected chi connectivity index (χ4v) is 6.11. The Morgan fingerprint density at radius 3 is 2.20 bits per heavy atom. The summed E-state index contributed by atoms with van der Waals surface area (Å²) in [7, 11) is 0. The predicted octanol–water partition coefficient (Wildman–Crippen LogP) is 8.48. The lowest BCUT2D eigenvalue weighted by atomic mass is 9.79. The van der Waals surface area contributed by atoms with E-state index in [4.69, 9.17) is 23.2 Å². The molecule has 2 fully saturated rings. The summed E-state index contributed by atoms with van der Waals surface area (Å²) in [5.74, 6) is -3.19. The molecule has 1 aromatic heterocycles. The highest BCUT2D eigenvalue weighted by molar-refractivity contribution is 6.38. The number of halogens is 4. The Hall–Kier alpha value is -2.64. The molecule has 1 saturated heterocycles. The van der Waals surface area contributed by atoms with Crippen molar-refractivity contribution in [2.24, 2.45) is 5.92 Å². The van der Waals surface area contributed by atoms with Gasteiger partial charge in [-0.15, -0.1) is 0 Å². The van der Waals surface area contributed by atoms with Crippen molar-refractivity contribution in [3.8, 4) is 0 Å². The van der Waals surface area contributed by atoms with E-state index in [-0.39, 0.29) is 5.91 Å². The maximum atomic E-state index is 13.3. The zero-order chi connectivity index (χ0) is 29.4. The minimum atomic E-state index is -2.50. The molecule has 3 aromatic rings. The third-order valence-corrected chi connectivity index (χ3v) is 8.62. The van der Waals surface area contributed by atoms with Crippen molar-refractivity contribution >= 4 is 46.0 Å². The van der Waals surface area contributed by atoms with Gasteiger partial charge in [-0.05, 0) is 94.2 Å². The van der Waals surface area contributed by atoms with Crippen LogP contribution in [0.5, 0.6) is 0 Å². The number of nitrogens with zero attached hydrogens (tertiary/aromatic N) is 2. The Kier molecular flexibility index (Phi) is 9.15. The van der Waals surface area contributed by atoms with Crippen LogP contribution in [-0.4, -0.2) is 45.5 Å². The number of carboxylic acids is 1. The van der Waals surface area contributed by atoms with Crippen LogP contribution in [0.25, 0.3) is 10.9 Å². The summed E-state index contributed by atoms with van der Waals surface area (Å²) in [6.07, 6.45) is 6.90. The van der Waals surface area contributed by atoms with Gasteiger partial charge in [-0.25, -0.2) is 8.78 Å². The van der Waals surface area contributed by atoms with E-state index < -0.39 is 17.8 Å². The Morgan fingerprint density at radius 1 is 1.02 bits per heavy atom. The standard InChI is InChI=1S/C28H30Cl2N2O3.C3H6F2/c1-16-12-20(18-4-3-5-18)13-22-17(2)14-32(26(16)22)15-23-24(29)7-6-21(25(23)30)27(33)31-10-8-19(9-11-31)28(34)35;1-3(2,4)5/h6-7,12-14,18-19H,3-5,8-11,15H2,1-2H3,(H,34,35);1-2H3. The lowest BCUT2D eigenvalue weighted by Crippen LogP contribution is -2.40. The lowest BCUT2D eigenvalue weighted by Gasteiger charge is -2.30. The van der Waals surface area contributed by atoms with Gasteiger partial charge in [0, 0.05) is 35.3 Å². The molecule has 0 spiro atoms. The molecule has 0 radical (unpaired) electrons. The average molecular weight is 594 g/mol.